The summed E-state index contributed by atoms with van der Waals surface area (Å²) in [5, 5.41) is 8.14. The highest BCUT2D eigenvalue weighted by atomic mass is 19.3. The molecule has 0 aliphatic heterocycles. The second-order valence-electron chi connectivity index (χ2n) is 4.81. The molecule has 0 aliphatic carbocycles. The molecule has 110 valence electrons. The van der Waals surface area contributed by atoms with Crippen LogP contribution in [0.25, 0.3) is 32.3 Å². The smallest absolute Gasteiger partial charge is 0.167 e. The van der Waals surface area contributed by atoms with E-state index in [2.05, 4.69) is 60.7 Å². The number of rotatable bonds is 0. The lowest BCUT2D eigenvalue weighted by Crippen LogP contribution is -1.82. The molecule has 0 aromatic heterocycles. The van der Waals surface area contributed by atoms with Gasteiger partial charge in [0.2, 0.25) is 0 Å². The van der Waals surface area contributed by atoms with Gasteiger partial charge in [0.25, 0.3) is 0 Å². The summed E-state index contributed by atoms with van der Waals surface area (Å²) in [6.07, 6.45) is -5.81. The van der Waals surface area contributed by atoms with Crippen LogP contribution >= 0.6 is 0 Å². The first-order chi connectivity index (χ1) is 10.6. The molecule has 4 rings (SSSR count). The van der Waals surface area contributed by atoms with Crippen molar-refractivity contribution in [3.63, 3.8) is 0 Å². The quantitative estimate of drug-likeness (QED) is 0.254. The van der Waals surface area contributed by atoms with Crippen molar-refractivity contribution >= 4 is 32.3 Å². The van der Waals surface area contributed by atoms with Gasteiger partial charge in [-0.15, -0.1) is 0 Å². The van der Waals surface area contributed by atoms with Crippen LogP contribution in [0.5, 0.6) is 0 Å². The van der Waals surface area contributed by atoms with Gasteiger partial charge >= 0.3 is 12.2 Å². The summed E-state index contributed by atoms with van der Waals surface area (Å²) in [6.45, 7) is 0. The molecular formula is C18H10F4. The molecule has 0 amide bonds. The zero-order chi connectivity index (χ0) is 15.7. The molecule has 4 heteroatoms. The summed E-state index contributed by atoms with van der Waals surface area (Å²) in [5.74, 6) is 0. The fourth-order valence-electron chi connectivity index (χ4n) is 2.67. The predicted octanol–water partition coefficient (Wildman–Crippen LogP) is 6.58. The molecule has 0 saturated heterocycles. The molecule has 0 bridgehead atoms. The van der Waals surface area contributed by atoms with Crippen LogP contribution in [0.4, 0.5) is 17.6 Å². The first-order valence-electron chi connectivity index (χ1n) is 6.57. The molecule has 0 radical (unpaired) electrons. The van der Waals surface area contributed by atoms with Crippen LogP contribution in [-0.4, -0.2) is 0 Å². The Kier molecular flexibility index (Phi) is 3.67. The van der Waals surface area contributed by atoms with E-state index in [0.717, 1.165) is 0 Å². The van der Waals surface area contributed by atoms with E-state index >= 15 is 0 Å². The first kappa shape index (κ1) is 14.3. The van der Waals surface area contributed by atoms with Crippen LogP contribution in [0.1, 0.15) is 0 Å². The zero-order valence-electron chi connectivity index (χ0n) is 11.3. The molecule has 22 heavy (non-hydrogen) atoms. The van der Waals surface area contributed by atoms with Gasteiger partial charge in [0.1, 0.15) is 0 Å². The van der Waals surface area contributed by atoms with Crippen LogP contribution in [0.2, 0.25) is 0 Å². The fourth-order valence-corrected chi connectivity index (χ4v) is 2.67. The molecule has 0 fully saturated rings. The summed E-state index contributed by atoms with van der Waals surface area (Å²) < 4.78 is 41.1. The molecular weight excluding hydrogens is 292 g/mol. The van der Waals surface area contributed by atoms with E-state index in [0.29, 0.717) is 0 Å². The molecule has 0 heterocycles. The van der Waals surface area contributed by atoms with Gasteiger partial charge < -0.3 is 0 Å². The lowest BCUT2D eigenvalue weighted by atomic mass is 9.95. The van der Waals surface area contributed by atoms with Crippen molar-refractivity contribution in [3.8, 4) is 0 Å². The average Bonchev–Trinajstić information content (AvgIpc) is 2.53. The zero-order valence-corrected chi connectivity index (χ0v) is 11.3. The lowest BCUT2D eigenvalue weighted by molar-refractivity contribution is 0.308. The molecule has 0 atom stereocenters. The highest BCUT2D eigenvalue weighted by Crippen LogP contribution is 2.33. The van der Waals surface area contributed by atoms with Gasteiger partial charge in [0.05, 0.1) is 0 Å². The molecule has 0 unspecified atom stereocenters. The van der Waals surface area contributed by atoms with Gasteiger partial charge in [-0.05, 0) is 32.3 Å². The largest absolute Gasteiger partial charge is 0.334 e. The Balaban J connectivity index is 0.000000209. The van der Waals surface area contributed by atoms with Gasteiger partial charge in [-0.1, -0.05) is 60.7 Å². The summed E-state index contributed by atoms with van der Waals surface area (Å²) >= 11 is 0. The molecule has 4 aromatic carbocycles. The van der Waals surface area contributed by atoms with Gasteiger partial charge in [-0.3, -0.25) is 0 Å². The molecule has 0 N–H and O–H groups in total. The Morgan fingerprint density at radius 2 is 0.727 bits per heavy atom. The fraction of sp³-hybridized carbons (Fsp3) is 0. The van der Waals surface area contributed by atoms with Gasteiger partial charge in [0.15, 0.2) is 0 Å². The van der Waals surface area contributed by atoms with Crippen LogP contribution in [0, 0.1) is 0 Å². The third kappa shape index (κ3) is 2.48. The van der Waals surface area contributed by atoms with Crippen molar-refractivity contribution in [2.75, 3.05) is 0 Å². The van der Waals surface area contributed by atoms with E-state index in [4.69, 9.17) is 0 Å². The van der Waals surface area contributed by atoms with E-state index in [-0.39, 0.29) is 0 Å². The normalized spacial score (nSPS) is 10.7. The molecule has 0 saturated carbocycles. The Morgan fingerprint density at radius 3 is 0.955 bits per heavy atom. The van der Waals surface area contributed by atoms with Crippen molar-refractivity contribution in [3.05, 3.63) is 72.8 Å². The first-order valence-corrected chi connectivity index (χ1v) is 6.57. The maximum absolute atomic E-state index is 10.3. The minimum Gasteiger partial charge on any atom is -0.167 e. The Morgan fingerprint density at radius 1 is 0.455 bits per heavy atom. The van der Waals surface area contributed by atoms with Crippen molar-refractivity contribution in [2.24, 2.45) is 0 Å². The number of hydrogen-bond acceptors (Lipinski definition) is 0. The highest BCUT2D eigenvalue weighted by Gasteiger charge is 2.05. The Hall–Kier alpha value is -2.62. The summed E-state index contributed by atoms with van der Waals surface area (Å²) in [4.78, 5) is 0. The predicted molar refractivity (Wildman–Crippen MR) is 81.6 cm³/mol. The monoisotopic (exact) mass is 302 g/mol. The molecule has 0 nitrogen and oxygen atoms in total. The maximum Gasteiger partial charge on any atom is 0.334 e. The van der Waals surface area contributed by atoms with Gasteiger partial charge in [0, 0.05) is 0 Å². The minimum absolute atomic E-state index is 1.34. The summed E-state index contributed by atoms with van der Waals surface area (Å²) in [7, 11) is 0. The number of benzene rings is 4. The van der Waals surface area contributed by atoms with E-state index in [1.54, 1.807) is 0 Å². The molecule has 4 aromatic rings. The van der Waals surface area contributed by atoms with Crippen LogP contribution < -0.4 is 0 Å². The van der Waals surface area contributed by atoms with E-state index in [9.17, 15) is 17.6 Å². The lowest BCUT2D eigenvalue weighted by Gasteiger charge is -2.09. The molecule has 0 aliphatic rings. The van der Waals surface area contributed by atoms with E-state index in [1.165, 1.54) is 32.3 Å². The summed E-state index contributed by atoms with van der Waals surface area (Å²) in [6, 6.07) is 21.9. The van der Waals surface area contributed by atoms with Crippen LogP contribution in [-0.2, 0) is 0 Å². The SMILES string of the molecule is FC(F)=C(F)F.c1cc2ccc3cccc4ccc(c1)c2c34. The Labute approximate surface area is 123 Å². The third-order valence-electron chi connectivity index (χ3n) is 3.54. The van der Waals surface area contributed by atoms with Crippen LogP contribution in [0.15, 0.2) is 72.8 Å². The van der Waals surface area contributed by atoms with Gasteiger partial charge in [-0.2, -0.15) is 17.6 Å². The Bertz CT molecular complexity index is 825. The second kappa shape index (κ2) is 5.64. The standard InChI is InChI=1S/C16H10.C2F4/c1-3-11-7-9-13-5-2-6-14-10-8-12(4-1)15(11)16(13)14;3-1(4)2(5)6/h1-10H;. The van der Waals surface area contributed by atoms with Crippen molar-refractivity contribution in [1.82, 2.24) is 0 Å². The van der Waals surface area contributed by atoms with Crippen molar-refractivity contribution < 1.29 is 17.6 Å². The third-order valence-corrected chi connectivity index (χ3v) is 3.54. The highest BCUT2D eigenvalue weighted by molar-refractivity contribution is 6.22. The number of halogens is 4. The van der Waals surface area contributed by atoms with Crippen LogP contribution in [0.3, 0.4) is 0 Å². The van der Waals surface area contributed by atoms with E-state index < -0.39 is 12.2 Å². The minimum atomic E-state index is -2.91. The van der Waals surface area contributed by atoms with Crippen molar-refractivity contribution in [2.45, 2.75) is 0 Å². The van der Waals surface area contributed by atoms with Gasteiger partial charge in [-0.25, -0.2) is 0 Å². The maximum atomic E-state index is 10.3. The number of hydrogen-bond donors (Lipinski definition) is 0. The average molecular weight is 302 g/mol. The summed E-state index contributed by atoms with van der Waals surface area (Å²) in [5.41, 5.74) is 0. The van der Waals surface area contributed by atoms with E-state index in [1.807, 2.05) is 0 Å². The topological polar surface area (TPSA) is 0 Å². The van der Waals surface area contributed by atoms with Crippen molar-refractivity contribution in [1.29, 1.82) is 0 Å². The molecule has 0 spiro atoms. The second-order valence-corrected chi connectivity index (χ2v) is 4.81.